The molecular formula is C20H18ClFN2O4. The lowest BCUT2D eigenvalue weighted by atomic mass is 10.0. The molecule has 1 atom stereocenters. The molecule has 0 radical (unpaired) electrons. The van der Waals surface area contributed by atoms with Gasteiger partial charge in [-0.3, -0.25) is 9.59 Å². The van der Waals surface area contributed by atoms with Crippen molar-refractivity contribution < 1.29 is 23.8 Å². The van der Waals surface area contributed by atoms with Gasteiger partial charge in [-0.1, -0.05) is 11.6 Å². The van der Waals surface area contributed by atoms with E-state index in [0.29, 0.717) is 17.9 Å². The highest BCUT2D eigenvalue weighted by molar-refractivity contribution is 6.30. The molecule has 0 aliphatic carbocycles. The molecule has 146 valence electrons. The number of fused-ring (bicyclic) bond motifs is 1. The highest BCUT2D eigenvalue weighted by Gasteiger charge is 2.51. The van der Waals surface area contributed by atoms with E-state index in [9.17, 15) is 19.1 Å². The first-order chi connectivity index (χ1) is 13.4. The summed E-state index contributed by atoms with van der Waals surface area (Å²) in [5, 5.41) is 13.4. The van der Waals surface area contributed by atoms with Gasteiger partial charge in [0.2, 0.25) is 5.60 Å². The van der Waals surface area contributed by atoms with Crippen LogP contribution in [0.25, 0.3) is 0 Å². The summed E-state index contributed by atoms with van der Waals surface area (Å²) in [4.78, 5) is 26.7. The molecule has 1 saturated heterocycles. The quantitative estimate of drug-likeness (QED) is 0.766. The molecule has 2 amide bonds. The number of carbonyl (C=O) groups is 2. The molecule has 2 aromatic carbocycles. The van der Waals surface area contributed by atoms with Crippen molar-refractivity contribution in [3.05, 3.63) is 58.4 Å². The van der Waals surface area contributed by atoms with Crippen LogP contribution in [0, 0.1) is 5.82 Å². The van der Waals surface area contributed by atoms with Crippen molar-refractivity contribution in [3.8, 4) is 5.75 Å². The molecule has 4 rings (SSSR count). The van der Waals surface area contributed by atoms with Crippen molar-refractivity contribution in [1.82, 2.24) is 5.32 Å². The molecule has 2 aliphatic heterocycles. The molecule has 6 nitrogen and oxygen atoms in total. The molecule has 0 unspecified atom stereocenters. The number of nitrogens with one attached hydrogen (secondary N) is 1. The minimum Gasteiger partial charge on any atom is -0.493 e. The van der Waals surface area contributed by atoms with Gasteiger partial charge in [0.05, 0.1) is 6.61 Å². The third kappa shape index (κ3) is 3.31. The summed E-state index contributed by atoms with van der Waals surface area (Å²) in [7, 11) is 0. The molecule has 28 heavy (non-hydrogen) atoms. The zero-order valence-corrected chi connectivity index (χ0v) is 15.6. The predicted molar refractivity (Wildman–Crippen MR) is 101 cm³/mol. The number of rotatable bonds is 4. The Kier molecular flexibility index (Phi) is 4.72. The maximum Gasteiger partial charge on any atom is 0.268 e. The summed E-state index contributed by atoms with van der Waals surface area (Å²) >= 11 is 5.80. The summed E-state index contributed by atoms with van der Waals surface area (Å²) < 4.78 is 18.9. The van der Waals surface area contributed by atoms with E-state index in [0.717, 1.165) is 23.8 Å². The standard InChI is InChI=1S/C20H18ClFN2O4/c21-14-7-12(8-15(22)10-14)11-23-18(25)20(27)4-5-24(19(20)26)16-1-2-17-13(9-16)3-6-28-17/h1-2,7-10,27H,3-6,11H2,(H,23,25)/t20-/m1/s1. The molecule has 0 bridgehead atoms. The Hall–Kier alpha value is -2.64. The highest BCUT2D eigenvalue weighted by Crippen LogP contribution is 2.33. The molecule has 2 heterocycles. The van der Waals surface area contributed by atoms with E-state index in [1.54, 1.807) is 12.1 Å². The van der Waals surface area contributed by atoms with Crippen LogP contribution in [0.1, 0.15) is 17.5 Å². The van der Waals surface area contributed by atoms with E-state index < -0.39 is 23.2 Å². The molecule has 1 fully saturated rings. The first-order valence-corrected chi connectivity index (χ1v) is 9.28. The number of aliphatic hydroxyl groups is 1. The van der Waals surface area contributed by atoms with Gasteiger partial charge in [-0.25, -0.2) is 4.39 Å². The second kappa shape index (κ2) is 7.07. The molecular weight excluding hydrogens is 387 g/mol. The van der Waals surface area contributed by atoms with Crippen molar-refractivity contribution in [2.24, 2.45) is 0 Å². The van der Waals surface area contributed by atoms with E-state index in [-0.39, 0.29) is 24.5 Å². The zero-order valence-electron chi connectivity index (χ0n) is 14.9. The van der Waals surface area contributed by atoms with Crippen molar-refractivity contribution in [2.45, 2.75) is 25.0 Å². The SMILES string of the molecule is O=C(NCc1cc(F)cc(Cl)c1)[C@]1(O)CCN(c2ccc3c(c2)CCO3)C1=O. The zero-order chi connectivity index (χ0) is 19.9. The number of hydrogen-bond acceptors (Lipinski definition) is 4. The van der Waals surface area contributed by atoms with Crippen LogP contribution < -0.4 is 15.0 Å². The van der Waals surface area contributed by atoms with Crippen molar-refractivity contribution in [1.29, 1.82) is 0 Å². The summed E-state index contributed by atoms with van der Waals surface area (Å²) in [6, 6.07) is 9.26. The van der Waals surface area contributed by atoms with Crippen LogP contribution in [0.2, 0.25) is 5.02 Å². The van der Waals surface area contributed by atoms with Crippen LogP contribution >= 0.6 is 11.6 Å². The van der Waals surface area contributed by atoms with E-state index in [2.05, 4.69) is 5.32 Å². The minimum absolute atomic E-state index is 0.0326. The summed E-state index contributed by atoms with van der Waals surface area (Å²) in [5.41, 5.74) is -0.113. The fourth-order valence-corrected chi connectivity index (χ4v) is 3.79. The van der Waals surface area contributed by atoms with Gasteiger partial charge in [-0.2, -0.15) is 0 Å². The average Bonchev–Trinajstić information content (AvgIpc) is 3.24. The van der Waals surface area contributed by atoms with Gasteiger partial charge in [0, 0.05) is 36.6 Å². The van der Waals surface area contributed by atoms with Crippen LogP contribution in [0.5, 0.6) is 5.75 Å². The van der Waals surface area contributed by atoms with Gasteiger partial charge in [0.1, 0.15) is 11.6 Å². The minimum atomic E-state index is -2.16. The summed E-state index contributed by atoms with van der Waals surface area (Å²) in [5.74, 6) is -1.23. The molecule has 0 aromatic heterocycles. The number of hydrogen-bond donors (Lipinski definition) is 2. The lowest BCUT2D eigenvalue weighted by Gasteiger charge is -2.22. The summed E-state index contributed by atoms with van der Waals surface area (Å²) in [6.45, 7) is 0.763. The van der Waals surface area contributed by atoms with Gasteiger partial charge in [0.25, 0.3) is 11.8 Å². The highest BCUT2D eigenvalue weighted by atomic mass is 35.5. The molecule has 2 aromatic rings. The number of halogens is 2. The molecule has 0 spiro atoms. The van der Waals surface area contributed by atoms with Crippen LogP contribution in [-0.4, -0.2) is 35.7 Å². The Labute approximate surface area is 165 Å². The third-order valence-corrected chi connectivity index (χ3v) is 5.25. The van der Waals surface area contributed by atoms with Gasteiger partial charge >= 0.3 is 0 Å². The second-order valence-corrected chi connectivity index (χ2v) is 7.35. The Morgan fingerprint density at radius 1 is 1.32 bits per heavy atom. The first kappa shape index (κ1) is 18.7. The van der Waals surface area contributed by atoms with E-state index >= 15 is 0 Å². The fraction of sp³-hybridized carbons (Fsp3) is 0.300. The lowest BCUT2D eigenvalue weighted by molar-refractivity contribution is -0.149. The van der Waals surface area contributed by atoms with Gasteiger partial charge in [-0.15, -0.1) is 0 Å². The maximum atomic E-state index is 13.4. The third-order valence-electron chi connectivity index (χ3n) is 5.03. The van der Waals surface area contributed by atoms with Crippen LogP contribution in [0.15, 0.2) is 36.4 Å². The predicted octanol–water partition coefficient (Wildman–Crippen LogP) is 2.20. The maximum absolute atomic E-state index is 13.4. The smallest absolute Gasteiger partial charge is 0.268 e. The van der Waals surface area contributed by atoms with E-state index in [1.807, 2.05) is 6.07 Å². The van der Waals surface area contributed by atoms with Crippen molar-refractivity contribution in [3.63, 3.8) is 0 Å². The molecule has 2 N–H and O–H groups in total. The monoisotopic (exact) mass is 404 g/mol. The Bertz CT molecular complexity index is 947. The van der Waals surface area contributed by atoms with E-state index in [1.165, 1.54) is 17.0 Å². The number of anilines is 1. The van der Waals surface area contributed by atoms with Crippen molar-refractivity contribution >= 4 is 29.1 Å². The van der Waals surface area contributed by atoms with Crippen LogP contribution in [0.4, 0.5) is 10.1 Å². The molecule has 8 heteroatoms. The van der Waals surface area contributed by atoms with E-state index in [4.69, 9.17) is 16.3 Å². The largest absolute Gasteiger partial charge is 0.493 e. The first-order valence-electron chi connectivity index (χ1n) is 8.90. The van der Waals surface area contributed by atoms with Gasteiger partial charge in [0.15, 0.2) is 0 Å². The van der Waals surface area contributed by atoms with Gasteiger partial charge < -0.3 is 20.1 Å². The lowest BCUT2D eigenvalue weighted by Crippen LogP contribution is -2.52. The number of benzene rings is 2. The van der Waals surface area contributed by atoms with Gasteiger partial charge in [-0.05, 0) is 47.5 Å². The Balaban J connectivity index is 1.47. The topological polar surface area (TPSA) is 78.9 Å². The number of ether oxygens (including phenoxy) is 1. The van der Waals surface area contributed by atoms with Crippen LogP contribution in [-0.2, 0) is 22.6 Å². The normalized spacial score (nSPS) is 20.8. The Morgan fingerprint density at radius 3 is 2.93 bits per heavy atom. The molecule has 2 aliphatic rings. The fourth-order valence-electron chi connectivity index (χ4n) is 3.54. The summed E-state index contributed by atoms with van der Waals surface area (Å²) in [6.07, 6.45) is 0.724. The van der Waals surface area contributed by atoms with Crippen LogP contribution in [0.3, 0.4) is 0 Å². The Morgan fingerprint density at radius 2 is 2.14 bits per heavy atom. The average molecular weight is 405 g/mol. The number of carbonyl (C=O) groups excluding carboxylic acids is 2. The number of nitrogens with zero attached hydrogens (tertiary/aromatic N) is 1. The number of amides is 2. The second-order valence-electron chi connectivity index (χ2n) is 6.92. The van der Waals surface area contributed by atoms with Crippen molar-refractivity contribution in [2.75, 3.05) is 18.1 Å². The molecule has 0 saturated carbocycles.